The minimum absolute atomic E-state index is 0.0303. The molecule has 1 saturated heterocycles. The maximum Gasteiger partial charge on any atom is 0.233 e. The van der Waals surface area contributed by atoms with Crippen LogP contribution in [0.2, 0.25) is 10.0 Å². The minimum atomic E-state index is 0.0303. The lowest BCUT2D eigenvalue weighted by Crippen LogP contribution is -2.51. The van der Waals surface area contributed by atoms with E-state index in [0.29, 0.717) is 53.7 Å². The molecule has 0 N–H and O–H groups in total. The van der Waals surface area contributed by atoms with Crippen LogP contribution in [0.15, 0.2) is 36.0 Å². The van der Waals surface area contributed by atoms with Crippen LogP contribution >= 0.6 is 35.0 Å². The van der Waals surface area contributed by atoms with E-state index in [1.807, 2.05) is 14.4 Å². The fourth-order valence-corrected chi connectivity index (χ4v) is 4.89. The van der Waals surface area contributed by atoms with Gasteiger partial charge in [0.15, 0.2) is 11.0 Å². The summed E-state index contributed by atoms with van der Waals surface area (Å²) in [5.41, 5.74) is 0.718. The third-order valence-corrected chi connectivity index (χ3v) is 6.90. The highest BCUT2D eigenvalue weighted by Crippen LogP contribution is 2.32. The summed E-state index contributed by atoms with van der Waals surface area (Å²) in [6.07, 6.45) is 3.76. The Morgan fingerprint density at radius 1 is 1.13 bits per heavy atom. The number of carbonyl (C=O) groups excluding carboxylic acids is 2. The molecule has 2 amide bonds. The van der Waals surface area contributed by atoms with Crippen LogP contribution in [0.25, 0.3) is 11.4 Å². The van der Waals surface area contributed by atoms with Gasteiger partial charge in [-0.15, -0.1) is 16.8 Å². The molecule has 4 rings (SSSR count). The molecule has 10 heteroatoms. The fraction of sp³-hybridized carbons (Fsp3) is 0.429. The third-order valence-electron chi connectivity index (χ3n) is 5.40. The van der Waals surface area contributed by atoms with E-state index in [4.69, 9.17) is 23.2 Å². The molecule has 1 aromatic carbocycles. The quantitative estimate of drug-likeness (QED) is 0.447. The van der Waals surface area contributed by atoms with E-state index < -0.39 is 0 Å². The van der Waals surface area contributed by atoms with Crippen molar-refractivity contribution in [3.8, 4) is 11.4 Å². The highest BCUT2D eigenvalue weighted by Gasteiger charge is 2.35. The first-order chi connectivity index (χ1) is 15.0. The SMILES string of the molecule is C=CCn1c(SCC(=O)N2CCN(C(=O)C3CC3)CC2)nnc1-c1ccc(Cl)cc1Cl. The molecule has 1 aromatic heterocycles. The number of amides is 2. The van der Waals surface area contributed by atoms with Crippen molar-refractivity contribution in [2.45, 2.75) is 24.5 Å². The maximum atomic E-state index is 12.7. The van der Waals surface area contributed by atoms with Gasteiger partial charge in [-0.3, -0.25) is 14.2 Å². The van der Waals surface area contributed by atoms with Crippen molar-refractivity contribution < 1.29 is 9.59 Å². The molecule has 7 nitrogen and oxygen atoms in total. The number of thioether (sulfide) groups is 1. The Morgan fingerprint density at radius 2 is 1.84 bits per heavy atom. The van der Waals surface area contributed by atoms with Crippen molar-refractivity contribution >= 4 is 46.8 Å². The predicted molar refractivity (Wildman–Crippen MR) is 122 cm³/mol. The Bertz CT molecular complexity index is 1000. The fourth-order valence-electron chi connectivity index (χ4n) is 3.54. The average Bonchev–Trinajstić information content (AvgIpc) is 3.54. The van der Waals surface area contributed by atoms with Crippen LogP contribution in [0, 0.1) is 5.92 Å². The van der Waals surface area contributed by atoms with E-state index in [-0.39, 0.29) is 23.5 Å². The smallest absolute Gasteiger partial charge is 0.233 e. The van der Waals surface area contributed by atoms with Gasteiger partial charge in [0.05, 0.1) is 10.8 Å². The number of nitrogens with zero attached hydrogens (tertiary/aromatic N) is 5. The largest absolute Gasteiger partial charge is 0.339 e. The number of rotatable bonds is 7. The van der Waals surface area contributed by atoms with E-state index in [1.165, 1.54) is 11.8 Å². The first-order valence-corrected chi connectivity index (χ1v) is 11.9. The zero-order chi connectivity index (χ0) is 22.0. The third kappa shape index (κ3) is 5.07. The number of halogens is 2. The summed E-state index contributed by atoms with van der Waals surface area (Å²) in [5.74, 6) is 1.34. The number of hydrogen-bond donors (Lipinski definition) is 0. The molecule has 164 valence electrons. The molecule has 0 unspecified atom stereocenters. The van der Waals surface area contributed by atoms with Crippen LogP contribution in [-0.4, -0.2) is 68.3 Å². The van der Waals surface area contributed by atoms with Gasteiger partial charge in [-0.05, 0) is 31.0 Å². The van der Waals surface area contributed by atoms with Gasteiger partial charge in [0.2, 0.25) is 11.8 Å². The molecular formula is C21H23Cl2N5O2S. The molecule has 1 aliphatic carbocycles. The summed E-state index contributed by atoms with van der Waals surface area (Å²) >= 11 is 13.7. The number of aromatic nitrogens is 3. The number of hydrogen-bond acceptors (Lipinski definition) is 5. The van der Waals surface area contributed by atoms with E-state index in [1.54, 1.807) is 24.3 Å². The lowest BCUT2D eigenvalue weighted by Gasteiger charge is -2.34. The van der Waals surface area contributed by atoms with Crippen molar-refractivity contribution in [2.24, 2.45) is 5.92 Å². The van der Waals surface area contributed by atoms with Gasteiger partial charge in [-0.1, -0.05) is 41.0 Å². The summed E-state index contributed by atoms with van der Waals surface area (Å²) in [4.78, 5) is 28.6. The van der Waals surface area contributed by atoms with Gasteiger partial charge < -0.3 is 9.80 Å². The van der Waals surface area contributed by atoms with Gasteiger partial charge in [0, 0.05) is 49.2 Å². The second kappa shape index (κ2) is 9.63. The second-order valence-corrected chi connectivity index (χ2v) is 9.38. The molecule has 0 atom stereocenters. The first-order valence-electron chi connectivity index (χ1n) is 10.2. The predicted octanol–water partition coefficient (Wildman–Crippen LogP) is 3.61. The summed E-state index contributed by atoms with van der Waals surface area (Å²) in [5, 5.41) is 10.2. The van der Waals surface area contributed by atoms with E-state index in [0.717, 1.165) is 18.4 Å². The number of allylic oxidation sites excluding steroid dienone is 1. The highest BCUT2D eigenvalue weighted by molar-refractivity contribution is 7.99. The van der Waals surface area contributed by atoms with Crippen molar-refractivity contribution in [3.63, 3.8) is 0 Å². The van der Waals surface area contributed by atoms with E-state index >= 15 is 0 Å². The van der Waals surface area contributed by atoms with Crippen LogP contribution in [-0.2, 0) is 16.1 Å². The van der Waals surface area contributed by atoms with Crippen molar-refractivity contribution in [2.75, 3.05) is 31.9 Å². The Kier molecular flexibility index (Phi) is 6.89. The molecule has 2 aliphatic rings. The monoisotopic (exact) mass is 479 g/mol. The molecule has 2 fully saturated rings. The molecule has 31 heavy (non-hydrogen) atoms. The summed E-state index contributed by atoms with van der Waals surface area (Å²) in [6, 6.07) is 5.21. The molecule has 2 aromatic rings. The van der Waals surface area contributed by atoms with Crippen molar-refractivity contribution in [3.05, 3.63) is 40.9 Å². The Balaban J connectivity index is 1.39. The Labute approximate surface area is 195 Å². The summed E-state index contributed by atoms with van der Waals surface area (Å²) in [7, 11) is 0. The topological polar surface area (TPSA) is 71.3 Å². The Morgan fingerprint density at radius 3 is 2.48 bits per heavy atom. The van der Waals surface area contributed by atoms with Gasteiger partial charge in [-0.25, -0.2) is 0 Å². The van der Waals surface area contributed by atoms with Crippen LogP contribution in [0.3, 0.4) is 0 Å². The van der Waals surface area contributed by atoms with Crippen LogP contribution < -0.4 is 0 Å². The normalized spacial score (nSPS) is 16.5. The molecule has 0 radical (unpaired) electrons. The molecule has 0 bridgehead atoms. The number of benzene rings is 1. The average molecular weight is 480 g/mol. The van der Waals surface area contributed by atoms with Crippen molar-refractivity contribution in [1.29, 1.82) is 0 Å². The summed E-state index contributed by atoms with van der Waals surface area (Å²) < 4.78 is 1.88. The van der Waals surface area contributed by atoms with Crippen LogP contribution in [0.4, 0.5) is 0 Å². The van der Waals surface area contributed by atoms with E-state index in [9.17, 15) is 9.59 Å². The van der Waals surface area contributed by atoms with Gasteiger partial charge in [0.1, 0.15) is 0 Å². The zero-order valence-corrected chi connectivity index (χ0v) is 19.3. The first kappa shape index (κ1) is 22.2. The second-order valence-electron chi connectivity index (χ2n) is 7.60. The van der Waals surface area contributed by atoms with Crippen molar-refractivity contribution in [1.82, 2.24) is 24.6 Å². The van der Waals surface area contributed by atoms with Crippen LogP contribution in [0.5, 0.6) is 0 Å². The zero-order valence-electron chi connectivity index (χ0n) is 17.0. The molecule has 2 heterocycles. The molecule has 0 spiro atoms. The molecule has 1 aliphatic heterocycles. The number of piperazine rings is 1. The van der Waals surface area contributed by atoms with E-state index in [2.05, 4.69) is 16.8 Å². The highest BCUT2D eigenvalue weighted by atomic mass is 35.5. The Hall–Kier alpha value is -2.03. The standard InChI is InChI=1S/C21H23Cl2N5O2S/c1-2-7-28-19(16-6-5-15(22)12-17(16)23)24-25-21(28)31-13-18(29)26-8-10-27(11-9-26)20(30)14-3-4-14/h2,5-6,12,14H,1,3-4,7-11,13H2. The van der Waals surface area contributed by atoms with Gasteiger partial charge >= 0.3 is 0 Å². The summed E-state index contributed by atoms with van der Waals surface area (Å²) in [6.45, 7) is 6.66. The van der Waals surface area contributed by atoms with Gasteiger partial charge in [0.25, 0.3) is 0 Å². The molecular weight excluding hydrogens is 457 g/mol. The van der Waals surface area contributed by atoms with Gasteiger partial charge in [-0.2, -0.15) is 0 Å². The van der Waals surface area contributed by atoms with Crippen LogP contribution in [0.1, 0.15) is 12.8 Å². The minimum Gasteiger partial charge on any atom is -0.339 e. The lowest BCUT2D eigenvalue weighted by atomic mass is 10.2. The molecule has 1 saturated carbocycles. The number of carbonyl (C=O) groups is 2. The lowest BCUT2D eigenvalue weighted by molar-refractivity contribution is -0.139. The maximum absolute atomic E-state index is 12.7.